The molecule has 1 fully saturated rings. The Bertz CT molecular complexity index is 715. The van der Waals surface area contributed by atoms with Crippen LogP contribution in [0.5, 0.6) is 0 Å². The third-order valence-corrected chi connectivity index (χ3v) is 5.25. The molecule has 25 heavy (non-hydrogen) atoms. The lowest BCUT2D eigenvalue weighted by atomic mass is 9.96. The zero-order valence-electron chi connectivity index (χ0n) is 14.6. The maximum atomic E-state index is 12.6. The highest BCUT2D eigenvalue weighted by Crippen LogP contribution is 2.22. The van der Waals surface area contributed by atoms with Crippen LogP contribution in [0.1, 0.15) is 36.4 Å². The van der Waals surface area contributed by atoms with Crippen molar-refractivity contribution in [1.82, 2.24) is 14.7 Å². The van der Waals surface area contributed by atoms with Crippen LogP contribution in [-0.2, 0) is 11.3 Å². The lowest BCUT2D eigenvalue weighted by Crippen LogP contribution is -2.41. The van der Waals surface area contributed by atoms with Crippen LogP contribution >= 0.6 is 11.3 Å². The van der Waals surface area contributed by atoms with Crippen LogP contribution < -0.4 is 5.32 Å². The number of carbonyl (C=O) groups is 2. The van der Waals surface area contributed by atoms with Crippen LogP contribution in [0.3, 0.4) is 0 Å². The van der Waals surface area contributed by atoms with Crippen LogP contribution in [-0.4, -0.2) is 39.6 Å². The van der Waals surface area contributed by atoms with Crippen molar-refractivity contribution in [2.24, 2.45) is 11.8 Å². The molecule has 2 amide bonds. The Morgan fingerprint density at radius 1 is 1.32 bits per heavy atom. The highest BCUT2D eigenvalue weighted by atomic mass is 32.1. The van der Waals surface area contributed by atoms with Gasteiger partial charge < -0.3 is 10.2 Å². The number of likely N-dealkylation sites (tertiary alicyclic amines) is 1. The van der Waals surface area contributed by atoms with Gasteiger partial charge in [0.15, 0.2) is 0 Å². The number of carbonyl (C=O) groups excluding carboxylic acids is 2. The van der Waals surface area contributed by atoms with Crippen LogP contribution in [0.15, 0.2) is 29.8 Å². The SMILES string of the molecule is CC(C)Cn1nccc1NC(=O)C1CCN(C(=O)c2cccs2)CC1. The highest BCUT2D eigenvalue weighted by Gasteiger charge is 2.28. The van der Waals surface area contributed by atoms with E-state index in [0.717, 1.165) is 17.2 Å². The molecular weight excluding hydrogens is 336 g/mol. The molecule has 0 saturated carbocycles. The van der Waals surface area contributed by atoms with Crippen LogP contribution in [0.25, 0.3) is 0 Å². The molecule has 2 aromatic heterocycles. The molecule has 1 aliphatic rings. The van der Waals surface area contributed by atoms with Gasteiger partial charge in [-0.1, -0.05) is 19.9 Å². The fourth-order valence-electron chi connectivity index (χ4n) is 3.06. The standard InChI is InChI=1S/C18H24N4O2S/c1-13(2)12-22-16(5-8-19-22)20-17(23)14-6-9-21(10-7-14)18(24)15-4-3-11-25-15/h3-5,8,11,13-14H,6-7,9-10,12H2,1-2H3,(H,20,23). The van der Waals surface area contributed by atoms with Crippen molar-refractivity contribution in [3.05, 3.63) is 34.7 Å². The van der Waals surface area contributed by atoms with Gasteiger partial charge in [0, 0.05) is 31.6 Å². The Labute approximate surface area is 151 Å². The zero-order valence-corrected chi connectivity index (χ0v) is 15.5. The van der Waals surface area contributed by atoms with Gasteiger partial charge in [0.2, 0.25) is 5.91 Å². The number of thiophene rings is 1. The van der Waals surface area contributed by atoms with Crippen LogP contribution in [0.2, 0.25) is 0 Å². The fraction of sp³-hybridized carbons (Fsp3) is 0.500. The minimum absolute atomic E-state index is 0.0220. The third kappa shape index (κ3) is 4.28. The van der Waals surface area contributed by atoms with Gasteiger partial charge in [-0.15, -0.1) is 11.3 Å². The summed E-state index contributed by atoms with van der Waals surface area (Å²) in [6.45, 7) is 6.26. The van der Waals surface area contributed by atoms with Crippen molar-refractivity contribution >= 4 is 29.0 Å². The maximum absolute atomic E-state index is 12.6. The first-order valence-corrected chi connectivity index (χ1v) is 9.58. The summed E-state index contributed by atoms with van der Waals surface area (Å²) in [7, 11) is 0. The third-order valence-electron chi connectivity index (χ3n) is 4.39. The van der Waals surface area contributed by atoms with Gasteiger partial charge in [-0.25, -0.2) is 4.68 Å². The van der Waals surface area contributed by atoms with Gasteiger partial charge in [-0.05, 0) is 30.2 Å². The quantitative estimate of drug-likeness (QED) is 0.891. The lowest BCUT2D eigenvalue weighted by Gasteiger charge is -2.31. The van der Waals surface area contributed by atoms with Crippen molar-refractivity contribution < 1.29 is 9.59 Å². The van der Waals surface area contributed by atoms with E-state index in [2.05, 4.69) is 24.3 Å². The van der Waals surface area contributed by atoms with E-state index in [1.165, 1.54) is 11.3 Å². The normalized spacial score (nSPS) is 15.6. The Balaban J connectivity index is 1.53. The zero-order chi connectivity index (χ0) is 17.8. The topological polar surface area (TPSA) is 67.2 Å². The Hall–Kier alpha value is -2.15. The molecular formula is C18H24N4O2S. The van der Waals surface area contributed by atoms with Crippen molar-refractivity contribution in [1.29, 1.82) is 0 Å². The molecule has 2 aromatic rings. The van der Waals surface area contributed by atoms with E-state index in [9.17, 15) is 9.59 Å². The monoisotopic (exact) mass is 360 g/mol. The van der Waals surface area contributed by atoms with Gasteiger partial charge in [0.05, 0.1) is 11.1 Å². The predicted octanol–water partition coefficient (Wildman–Crippen LogP) is 3.09. The molecule has 3 heterocycles. The molecule has 0 spiro atoms. The number of nitrogens with zero attached hydrogens (tertiary/aromatic N) is 3. The molecule has 134 valence electrons. The van der Waals surface area contributed by atoms with E-state index in [4.69, 9.17) is 0 Å². The van der Waals surface area contributed by atoms with Crippen molar-refractivity contribution in [2.75, 3.05) is 18.4 Å². The second kappa shape index (κ2) is 7.82. The Kier molecular flexibility index (Phi) is 5.53. The van der Waals surface area contributed by atoms with Gasteiger partial charge in [-0.2, -0.15) is 5.10 Å². The number of rotatable bonds is 5. The molecule has 0 radical (unpaired) electrons. The Morgan fingerprint density at radius 2 is 2.08 bits per heavy atom. The molecule has 0 bridgehead atoms. The summed E-state index contributed by atoms with van der Waals surface area (Å²) in [4.78, 5) is 27.5. The molecule has 0 aliphatic carbocycles. The van der Waals surface area contributed by atoms with Crippen molar-refractivity contribution in [2.45, 2.75) is 33.2 Å². The average Bonchev–Trinajstić information content (AvgIpc) is 3.26. The molecule has 1 saturated heterocycles. The summed E-state index contributed by atoms with van der Waals surface area (Å²) in [5, 5.41) is 9.18. The number of hydrogen-bond donors (Lipinski definition) is 1. The number of piperidine rings is 1. The summed E-state index contributed by atoms with van der Waals surface area (Å²) < 4.78 is 1.83. The van der Waals surface area contributed by atoms with Crippen LogP contribution in [0, 0.1) is 11.8 Å². The second-order valence-corrected chi connectivity index (χ2v) is 7.77. The molecule has 1 N–H and O–H groups in total. The molecule has 0 aromatic carbocycles. The minimum atomic E-state index is -0.0604. The summed E-state index contributed by atoms with van der Waals surface area (Å²) >= 11 is 1.46. The smallest absolute Gasteiger partial charge is 0.263 e. The van der Waals surface area contributed by atoms with E-state index >= 15 is 0 Å². The number of hydrogen-bond acceptors (Lipinski definition) is 4. The summed E-state index contributed by atoms with van der Waals surface area (Å²) in [6.07, 6.45) is 3.10. The summed E-state index contributed by atoms with van der Waals surface area (Å²) in [6, 6.07) is 5.57. The van der Waals surface area contributed by atoms with Gasteiger partial charge in [-0.3, -0.25) is 9.59 Å². The molecule has 1 aliphatic heterocycles. The average molecular weight is 360 g/mol. The van der Waals surface area contributed by atoms with Gasteiger partial charge in [0.25, 0.3) is 5.91 Å². The largest absolute Gasteiger partial charge is 0.338 e. The number of anilines is 1. The first kappa shape index (κ1) is 17.7. The highest BCUT2D eigenvalue weighted by molar-refractivity contribution is 7.12. The van der Waals surface area contributed by atoms with Crippen molar-refractivity contribution in [3.8, 4) is 0 Å². The second-order valence-electron chi connectivity index (χ2n) is 6.83. The minimum Gasteiger partial charge on any atom is -0.338 e. The van der Waals surface area contributed by atoms with Gasteiger partial charge >= 0.3 is 0 Å². The van der Waals surface area contributed by atoms with Crippen molar-refractivity contribution in [3.63, 3.8) is 0 Å². The fourth-order valence-corrected chi connectivity index (χ4v) is 3.75. The molecule has 0 atom stereocenters. The van der Waals surface area contributed by atoms with E-state index < -0.39 is 0 Å². The first-order valence-electron chi connectivity index (χ1n) is 8.70. The summed E-state index contributed by atoms with van der Waals surface area (Å²) in [5.74, 6) is 1.24. The number of aromatic nitrogens is 2. The van der Waals surface area contributed by atoms with E-state index in [1.54, 1.807) is 6.20 Å². The Morgan fingerprint density at radius 3 is 2.72 bits per heavy atom. The molecule has 3 rings (SSSR count). The van der Waals surface area contributed by atoms with Crippen LogP contribution in [0.4, 0.5) is 5.82 Å². The van der Waals surface area contributed by atoms with Gasteiger partial charge in [0.1, 0.15) is 5.82 Å². The van der Waals surface area contributed by atoms with E-state index in [-0.39, 0.29) is 17.7 Å². The molecule has 6 nitrogen and oxygen atoms in total. The molecule has 7 heteroatoms. The van der Waals surface area contributed by atoms with E-state index in [1.807, 2.05) is 33.2 Å². The first-order chi connectivity index (χ1) is 12.0. The molecule has 0 unspecified atom stereocenters. The lowest BCUT2D eigenvalue weighted by molar-refractivity contribution is -0.121. The summed E-state index contributed by atoms with van der Waals surface area (Å²) in [5.41, 5.74) is 0. The number of amides is 2. The van der Waals surface area contributed by atoms with E-state index in [0.29, 0.717) is 31.8 Å². The number of nitrogens with one attached hydrogen (secondary N) is 1. The maximum Gasteiger partial charge on any atom is 0.263 e. The predicted molar refractivity (Wildman–Crippen MR) is 98.6 cm³/mol.